The minimum atomic E-state index is -1.55. The van der Waals surface area contributed by atoms with Crippen molar-refractivity contribution in [2.45, 2.75) is 239 Å². The van der Waals surface area contributed by atoms with Crippen LogP contribution in [0.25, 0.3) is 0 Å². The van der Waals surface area contributed by atoms with Gasteiger partial charge >= 0.3 is 285 Å². The third-order valence-corrected chi connectivity index (χ3v) is 23.1. The van der Waals surface area contributed by atoms with Gasteiger partial charge in [-0.3, -0.25) is 0 Å². The number of aliphatic carboxylic acids is 2. The zero-order chi connectivity index (χ0) is 39.2. The molecule has 0 rings (SSSR count). The molecule has 0 aromatic carbocycles. The second-order valence-electron chi connectivity index (χ2n) is 14.5. The topological polar surface area (TPSA) is 98.7 Å². The Labute approximate surface area is 340 Å². The fourth-order valence-corrected chi connectivity index (χ4v) is 19.9. The summed E-state index contributed by atoms with van der Waals surface area (Å²) in [5.41, 5.74) is 0. The number of unbranched alkanes of at least 4 members (excludes halogenated alkanes) is 22. The maximum atomic E-state index is 9.41. The van der Waals surface area contributed by atoms with Crippen LogP contribution in [0.15, 0.2) is 12.2 Å². The summed E-state index contributed by atoms with van der Waals surface area (Å²) < 4.78 is 18.5. The normalized spacial score (nSPS) is 10.8. The number of carboxylic acids is 2. The minimum absolute atomic E-state index is 0.384. The second kappa shape index (κ2) is 51.2. The summed E-state index contributed by atoms with van der Waals surface area (Å²) in [6.45, 7) is 16.0. The molecule has 0 unspecified atom stereocenters. The van der Waals surface area contributed by atoms with E-state index in [1.807, 2.05) is 0 Å². The van der Waals surface area contributed by atoms with E-state index in [-0.39, 0.29) is 0 Å². The van der Waals surface area contributed by atoms with Crippen molar-refractivity contribution >= 4 is 52.3 Å². The van der Waals surface area contributed by atoms with Gasteiger partial charge in [-0.15, -0.1) is 0 Å². The van der Waals surface area contributed by atoms with E-state index < -0.39 is 52.3 Å². The molecule has 0 aromatic heterocycles. The van der Waals surface area contributed by atoms with Crippen LogP contribution >= 0.6 is 0 Å². The van der Waals surface area contributed by atoms with Crippen LogP contribution in [-0.4, -0.2) is 65.5 Å². The van der Waals surface area contributed by atoms with Crippen molar-refractivity contribution in [3.05, 3.63) is 12.2 Å². The van der Waals surface area contributed by atoms with Gasteiger partial charge in [0, 0.05) is 0 Å². The van der Waals surface area contributed by atoms with Gasteiger partial charge in [-0.1, -0.05) is 13.8 Å². The Morgan fingerprint density at radius 1 is 0.365 bits per heavy atom. The number of hydrogen-bond donors (Lipinski definition) is 0. The van der Waals surface area contributed by atoms with Crippen molar-refractivity contribution in [3.63, 3.8) is 0 Å². The summed E-state index contributed by atoms with van der Waals surface area (Å²) in [5.74, 6) is -3.09. The molecule has 0 fully saturated rings. The number of rotatable bonds is 38. The van der Waals surface area contributed by atoms with Crippen LogP contribution in [0.1, 0.15) is 221 Å². The third-order valence-electron chi connectivity index (χ3n) is 9.20. The van der Waals surface area contributed by atoms with E-state index in [9.17, 15) is 19.8 Å². The standard InChI is InChI=1S/2C12H25O.C4H4O4.4C4H9.2Sn/c2*1-2-3-4-5-6-7-8-9-10-11-12-13;5-3(6)1-2-4(7)8;4*1-3-4-2;;/h2*2-12H2,1H3;1-2H,(H,5,6)(H,7,8);4*1,3-4H2,2H3;;/q2*-1;;;;;;2*+2/p-2/b;;2-1-;;;;;;. The van der Waals surface area contributed by atoms with Crippen molar-refractivity contribution in [3.8, 4) is 0 Å². The first kappa shape index (κ1) is 56.5. The molecule has 0 saturated carbocycles. The smallest absolute Gasteiger partial charge is 0.0643 e. The fraction of sp³-hybridized carbons (Fsp3) is 0.909. The molecule has 0 aliphatic heterocycles. The monoisotopic (exact) mass is 952 g/mol. The first-order chi connectivity index (χ1) is 25.3. The summed E-state index contributed by atoms with van der Waals surface area (Å²) in [6, 6.07) is 0. The Kier molecular flexibility index (Phi) is 55.7. The van der Waals surface area contributed by atoms with Gasteiger partial charge in [0.05, 0.1) is 11.9 Å². The number of carboxylic acid groups (broad SMARTS) is 2. The van der Waals surface area contributed by atoms with E-state index in [1.54, 1.807) is 0 Å². The predicted molar refractivity (Wildman–Crippen MR) is 225 cm³/mol. The summed E-state index contributed by atoms with van der Waals surface area (Å²) in [5, 5.41) is 18.8. The van der Waals surface area contributed by atoms with Crippen molar-refractivity contribution < 1.29 is 26.0 Å². The first-order valence-electron chi connectivity index (χ1n) is 22.4. The molecule has 0 bridgehead atoms. The molecule has 0 heterocycles. The average molecular weight is 951 g/mol. The van der Waals surface area contributed by atoms with E-state index in [0.29, 0.717) is 12.2 Å². The molecule has 0 aliphatic carbocycles. The van der Waals surface area contributed by atoms with E-state index in [4.69, 9.17) is 6.15 Å². The number of hydrogen-bond acceptors (Lipinski definition) is 6. The Morgan fingerprint density at radius 2 is 0.577 bits per heavy atom. The van der Waals surface area contributed by atoms with Crippen molar-refractivity contribution in [1.82, 2.24) is 0 Å². The van der Waals surface area contributed by atoms with Gasteiger partial charge in [-0.2, -0.15) is 0 Å². The minimum Gasteiger partial charge on any atom is -0.545 e. The molecular weight excluding hydrogens is 862 g/mol. The maximum absolute atomic E-state index is 9.41. The van der Waals surface area contributed by atoms with Crippen molar-refractivity contribution in [2.75, 3.05) is 13.2 Å². The number of carbonyl (C=O) groups is 2. The molecule has 8 heteroatoms. The fourth-order valence-electron chi connectivity index (χ4n) is 5.78. The quantitative estimate of drug-likeness (QED) is 0.0347. The van der Waals surface area contributed by atoms with E-state index >= 15 is 0 Å². The molecule has 0 aromatic rings. The van der Waals surface area contributed by atoms with Crippen LogP contribution in [0.4, 0.5) is 0 Å². The van der Waals surface area contributed by atoms with Crippen LogP contribution in [0.3, 0.4) is 0 Å². The largest absolute Gasteiger partial charge is 0.545 e. The Balaban J connectivity index is -0.000000764. The van der Waals surface area contributed by atoms with Gasteiger partial charge in [-0.25, -0.2) is 0 Å². The zero-order valence-electron chi connectivity index (χ0n) is 35.6. The first-order valence-corrected chi connectivity index (χ1v) is 32.8. The molecule has 0 amide bonds. The van der Waals surface area contributed by atoms with Gasteiger partial charge in [0.25, 0.3) is 0 Å². The van der Waals surface area contributed by atoms with E-state index in [0.717, 1.165) is 13.2 Å². The van der Waals surface area contributed by atoms with Crippen molar-refractivity contribution in [2.24, 2.45) is 0 Å². The molecular formula is C44H88O6Sn2. The molecule has 0 atom stereocenters. The van der Waals surface area contributed by atoms with Gasteiger partial charge in [0.2, 0.25) is 0 Å². The Hall–Kier alpha value is 0.197. The third kappa shape index (κ3) is 54.5. The molecule has 0 spiro atoms. The Bertz CT molecular complexity index is 647. The molecule has 52 heavy (non-hydrogen) atoms. The SMILES string of the molecule is CCCCCCCCCCCC[O][Sn+]([CH2]CCC)[CH2]CCC.CCCCCCCCCCCC[O][Sn+]([CH2]CCC)[CH2]CCC.O=C([O-])/C=C\C(=O)[O-]. The van der Waals surface area contributed by atoms with Gasteiger partial charge in [0.15, 0.2) is 0 Å². The number of carbonyl (C=O) groups excluding carboxylic acids is 2. The van der Waals surface area contributed by atoms with Crippen LogP contribution < -0.4 is 10.2 Å². The van der Waals surface area contributed by atoms with Crippen LogP contribution in [0, 0.1) is 0 Å². The summed E-state index contributed by atoms with van der Waals surface area (Å²) in [7, 11) is 0. The molecule has 0 saturated heterocycles. The average Bonchev–Trinajstić information content (AvgIpc) is 3.14. The predicted octanol–water partition coefficient (Wildman–Crippen LogP) is 12.1. The zero-order valence-corrected chi connectivity index (χ0v) is 41.4. The molecule has 6 nitrogen and oxygen atoms in total. The van der Waals surface area contributed by atoms with Crippen molar-refractivity contribution in [1.29, 1.82) is 0 Å². The van der Waals surface area contributed by atoms with E-state index in [1.165, 1.54) is 198 Å². The molecule has 0 N–H and O–H groups in total. The molecule has 0 radical (unpaired) electrons. The summed E-state index contributed by atoms with van der Waals surface area (Å²) in [6.07, 6.45) is 40.2. The van der Waals surface area contributed by atoms with Gasteiger partial charge in [0.1, 0.15) is 0 Å². The van der Waals surface area contributed by atoms with Crippen LogP contribution in [0.2, 0.25) is 17.7 Å². The Morgan fingerprint density at radius 3 is 0.788 bits per heavy atom. The molecule has 0 aliphatic rings. The van der Waals surface area contributed by atoms with Gasteiger partial charge in [-0.05, 0) is 12.2 Å². The van der Waals surface area contributed by atoms with Crippen LogP contribution in [-0.2, 0) is 15.7 Å². The second-order valence-corrected chi connectivity index (χ2v) is 28.0. The van der Waals surface area contributed by atoms with Crippen LogP contribution in [0.5, 0.6) is 0 Å². The molecule has 308 valence electrons. The van der Waals surface area contributed by atoms with Gasteiger partial charge < -0.3 is 19.8 Å². The maximum Gasteiger partial charge on any atom is 0.0643 e. The summed E-state index contributed by atoms with van der Waals surface area (Å²) in [4.78, 5) is 18.8. The summed E-state index contributed by atoms with van der Waals surface area (Å²) >= 11 is -2.86. The van der Waals surface area contributed by atoms with E-state index in [2.05, 4.69) is 41.5 Å².